The molecule has 1 fully saturated rings. The fourth-order valence-electron chi connectivity index (χ4n) is 2.05. The molecule has 4 nitrogen and oxygen atoms in total. The van der Waals surface area contributed by atoms with Crippen molar-refractivity contribution in [3.05, 3.63) is 21.3 Å². The summed E-state index contributed by atoms with van der Waals surface area (Å²) in [6, 6.07) is 3.98. The second kappa shape index (κ2) is 5.03. The summed E-state index contributed by atoms with van der Waals surface area (Å²) in [6.07, 6.45) is 2.04. The summed E-state index contributed by atoms with van der Waals surface area (Å²) in [7, 11) is 0. The number of thiophene rings is 1. The SMILES string of the molecule is NC(=NO)C1CCCN1Cc1ccc(Cl)s1. The van der Waals surface area contributed by atoms with Crippen LogP contribution in [0.3, 0.4) is 0 Å². The molecule has 16 heavy (non-hydrogen) atoms. The number of hydrogen-bond acceptors (Lipinski definition) is 4. The van der Waals surface area contributed by atoms with Crippen molar-refractivity contribution in [2.75, 3.05) is 6.54 Å². The van der Waals surface area contributed by atoms with Crippen molar-refractivity contribution in [3.8, 4) is 0 Å². The minimum Gasteiger partial charge on any atom is -0.409 e. The number of nitrogens with zero attached hydrogens (tertiary/aromatic N) is 2. The molecule has 0 bridgehead atoms. The van der Waals surface area contributed by atoms with E-state index in [1.165, 1.54) is 4.88 Å². The Morgan fingerprint density at radius 2 is 2.50 bits per heavy atom. The van der Waals surface area contributed by atoms with E-state index in [-0.39, 0.29) is 6.04 Å². The molecule has 0 saturated carbocycles. The van der Waals surface area contributed by atoms with E-state index in [1.54, 1.807) is 11.3 Å². The van der Waals surface area contributed by atoms with Crippen molar-refractivity contribution in [2.24, 2.45) is 10.9 Å². The van der Waals surface area contributed by atoms with Crippen molar-refractivity contribution >= 4 is 28.8 Å². The highest BCUT2D eigenvalue weighted by Gasteiger charge is 2.28. The van der Waals surface area contributed by atoms with Crippen molar-refractivity contribution in [3.63, 3.8) is 0 Å². The molecule has 88 valence electrons. The number of hydrogen-bond donors (Lipinski definition) is 2. The van der Waals surface area contributed by atoms with Gasteiger partial charge in [-0.15, -0.1) is 11.3 Å². The van der Waals surface area contributed by atoms with Gasteiger partial charge in [0.15, 0.2) is 5.84 Å². The van der Waals surface area contributed by atoms with E-state index < -0.39 is 0 Å². The average Bonchev–Trinajstić information content (AvgIpc) is 2.87. The van der Waals surface area contributed by atoms with Crippen LogP contribution in [0.4, 0.5) is 0 Å². The smallest absolute Gasteiger partial charge is 0.156 e. The molecule has 1 aromatic rings. The van der Waals surface area contributed by atoms with Crippen LogP contribution in [0, 0.1) is 0 Å². The minimum atomic E-state index is 0.0610. The number of halogens is 1. The van der Waals surface area contributed by atoms with Gasteiger partial charge in [0, 0.05) is 11.4 Å². The Labute approximate surface area is 103 Å². The van der Waals surface area contributed by atoms with Crippen LogP contribution in [0.5, 0.6) is 0 Å². The molecule has 1 aliphatic rings. The maximum absolute atomic E-state index is 8.70. The fourth-order valence-corrected chi connectivity index (χ4v) is 3.17. The van der Waals surface area contributed by atoms with Crippen LogP contribution in [-0.4, -0.2) is 28.5 Å². The standard InChI is InChI=1S/C10H14ClN3OS/c11-9-4-3-7(16-9)6-14-5-1-2-8(14)10(12)13-15/h3-4,8,15H,1-2,5-6H2,(H2,12,13). The van der Waals surface area contributed by atoms with Gasteiger partial charge < -0.3 is 10.9 Å². The second-order valence-electron chi connectivity index (χ2n) is 3.86. The lowest BCUT2D eigenvalue weighted by Gasteiger charge is -2.22. The maximum atomic E-state index is 8.70. The summed E-state index contributed by atoms with van der Waals surface area (Å²) in [5.74, 6) is 0.306. The van der Waals surface area contributed by atoms with Gasteiger partial charge in [-0.2, -0.15) is 0 Å². The summed E-state index contributed by atoms with van der Waals surface area (Å²) in [5, 5.41) is 11.8. The Morgan fingerprint density at radius 1 is 1.69 bits per heavy atom. The Bertz CT molecular complexity index is 393. The number of nitrogens with two attached hydrogens (primary N) is 1. The third-order valence-corrected chi connectivity index (χ3v) is 4.02. The topological polar surface area (TPSA) is 61.9 Å². The highest BCUT2D eigenvalue weighted by molar-refractivity contribution is 7.16. The number of likely N-dealkylation sites (tertiary alicyclic amines) is 1. The lowest BCUT2D eigenvalue weighted by molar-refractivity contribution is 0.276. The van der Waals surface area contributed by atoms with Gasteiger partial charge >= 0.3 is 0 Å². The molecule has 0 aliphatic carbocycles. The summed E-state index contributed by atoms with van der Waals surface area (Å²) in [5.41, 5.74) is 5.66. The first kappa shape index (κ1) is 11.7. The molecule has 0 radical (unpaired) electrons. The summed E-state index contributed by atoms with van der Waals surface area (Å²) < 4.78 is 0.801. The highest BCUT2D eigenvalue weighted by Crippen LogP contribution is 2.26. The third-order valence-electron chi connectivity index (χ3n) is 2.81. The van der Waals surface area contributed by atoms with E-state index in [1.807, 2.05) is 12.1 Å². The summed E-state index contributed by atoms with van der Waals surface area (Å²) in [4.78, 5) is 3.43. The van der Waals surface area contributed by atoms with Crippen LogP contribution in [0.15, 0.2) is 17.3 Å². The van der Waals surface area contributed by atoms with Crippen molar-refractivity contribution in [1.82, 2.24) is 4.90 Å². The molecular weight excluding hydrogens is 246 g/mol. The zero-order chi connectivity index (χ0) is 11.5. The van der Waals surface area contributed by atoms with E-state index in [0.29, 0.717) is 5.84 Å². The number of rotatable bonds is 3. The predicted molar refractivity (Wildman–Crippen MR) is 66.2 cm³/mol. The van der Waals surface area contributed by atoms with Gasteiger partial charge in [0.05, 0.1) is 10.4 Å². The van der Waals surface area contributed by atoms with E-state index in [0.717, 1.165) is 30.3 Å². The minimum absolute atomic E-state index is 0.0610. The van der Waals surface area contributed by atoms with E-state index in [2.05, 4.69) is 10.1 Å². The van der Waals surface area contributed by atoms with Crippen molar-refractivity contribution < 1.29 is 5.21 Å². The molecule has 0 aromatic carbocycles. The molecule has 1 unspecified atom stereocenters. The zero-order valence-corrected chi connectivity index (χ0v) is 10.3. The van der Waals surface area contributed by atoms with Crippen LogP contribution in [0.2, 0.25) is 4.34 Å². The molecule has 0 spiro atoms. The van der Waals surface area contributed by atoms with Gasteiger partial charge in [-0.1, -0.05) is 16.8 Å². The zero-order valence-electron chi connectivity index (χ0n) is 8.77. The Balaban J connectivity index is 2.04. The van der Waals surface area contributed by atoms with Gasteiger partial charge in [-0.05, 0) is 31.5 Å². The fraction of sp³-hybridized carbons (Fsp3) is 0.500. The van der Waals surface area contributed by atoms with E-state index in [9.17, 15) is 0 Å². The summed E-state index contributed by atoms with van der Waals surface area (Å²) >= 11 is 7.46. The maximum Gasteiger partial charge on any atom is 0.156 e. The Kier molecular flexibility index (Phi) is 3.68. The highest BCUT2D eigenvalue weighted by atomic mass is 35.5. The van der Waals surface area contributed by atoms with Crippen LogP contribution in [-0.2, 0) is 6.54 Å². The Hall–Kier alpha value is -0.780. The molecule has 2 rings (SSSR count). The van der Waals surface area contributed by atoms with Crippen LogP contribution >= 0.6 is 22.9 Å². The van der Waals surface area contributed by atoms with E-state index in [4.69, 9.17) is 22.5 Å². The first-order chi connectivity index (χ1) is 7.70. The second-order valence-corrected chi connectivity index (χ2v) is 5.66. The molecule has 6 heteroatoms. The number of oxime groups is 1. The Morgan fingerprint density at radius 3 is 3.12 bits per heavy atom. The molecule has 1 aromatic heterocycles. The molecule has 1 atom stereocenters. The van der Waals surface area contributed by atoms with Gasteiger partial charge in [-0.25, -0.2) is 0 Å². The normalized spacial score (nSPS) is 22.8. The van der Waals surface area contributed by atoms with Gasteiger partial charge in [0.25, 0.3) is 0 Å². The van der Waals surface area contributed by atoms with Gasteiger partial charge in [-0.3, -0.25) is 4.90 Å². The van der Waals surface area contributed by atoms with Crippen LogP contribution in [0.25, 0.3) is 0 Å². The molecular formula is C10H14ClN3OS. The quantitative estimate of drug-likeness (QED) is 0.378. The number of amidine groups is 1. The monoisotopic (exact) mass is 259 g/mol. The predicted octanol–water partition coefficient (Wildman–Crippen LogP) is 2.11. The largest absolute Gasteiger partial charge is 0.409 e. The lowest BCUT2D eigenvalue weighted by Crippen LogP contribution is -2.39. The first-order valence-corrected chi connectivity index (χ1v) is 6.36. The first-order valence-electron chi connectivity index (χ1n) is 5.16. The van der Waals surface area contributed by atoms with E-state index >= 15 is 0 Å². The lowest BCUT2D eigenvalue weighted by atomic mass is 10.2. The molecule has 2 heterocycles. The van der Waals surface area contributed by atoms with Gasteiger partial charge in [0.2, 0.25) is 0 Å². The summed E-state index contributed by atoms with van der Waals surface area (Å²) in [6.45, 7) is 1.80. The molecule has 1 aliphatic heterocycles. The third kappa shape index (κ3) is 2.48. The average molecular weight is 260 g/mol. The van der Waals surface area contributed by atoms with Crippen molar-refractivity contribution in [1.29, 1.82) is 0 Å². The van der Waals surface area contributed by atoms with Crippen LogP contribution in [0.1, 0.15) is 17.7 Å². The van der Waals surface area contributed by atoms with Crippen molar-refractivity contribution in [2.45, 2.75) is 25.4 Å². The van der Waals surface area contributed by atoms with Gasteiger partial charge in [0.1, 0.15) is 0 Å². The molecule has 3 N–H and O–H groups in total. The van der Waals surface area contributed by atoms with Crippen LogP contribution < -0.4 is 5.73 Å². The molecule has 0 amide bonds. The molecule has 1 saturated heterocycles.